The largest absolute Gasteiger partial charge is 0.396 e. The fourth-order valence-corrected chi connectivity index (χ4v) is 1.89. The predicted octanol–water partition coefficient (Wildman–Crippen LogP) is 1.45. The number of hydrogen-bond acceptors (Lipinski definition) is 5. The van der Waals surface area contributed by atoms with Gasteiger partial charge in [0.15, 0.2) is 5.82 Å². The summed E-state index contributed by atoms with van der Waals surface area (Å²) in [5, 5.41) is 23.5. The summed E-state index contributed by atoms with van der Waals surface area (Å²) in [6.45, 7) is 1.18. The van der Waals surface area contributed by atoms with Gasteiger partial charge in [-0.1, -0.05) is 12.1 Å². The highest BCUT2D eigenvalue weighted by molar-refractivity contribution is 5.62. The van der Waals surface area contributed by atoms with Crippen LogP contribution in [0.5, 0.6) is 0 Å². The second-order valence-electron chi connectivity index (χ2n) is 4.42. The average Bonchev–Trinajstić information content (AvgIpc) is 2.85. The molecule has 0 atom stereocenters. The molecule has 1 aromatic heterocycles. The third-order valence-corrected chi connectivity index (χ3v) is 2.90. The molecule has 1 aromatic carbocycles. The second kappa shape index (κ2) is 6.84. The molecule has 0 aliphatic heterocycles. The third-order valence-electron chi connectivity index (χ3n) is 2.90. The minimum absolute atomic E-state index is 0.272. The molecule has 2 rings (SSSR count). The fraction of sp³-hybridized carbons (Fsp3) is 0.462. The number of aryl methyl sites for hydroxylation is 1. The third kappa shape index (κ3) is 3.75. The van der Waals surface area contributed by atoms with E-state index in [1.807, 2.05) is 31.3 Å². The molecule has 0 bridgehead atoms. The van der Waals surface area contributed by atoms with Crippen molar-refractivity contribution in [2.75, 3.05) is 18.5 Å². The summed E-state index contributed by atoms with van der Waals surface area (Å²) >= 11 is 0. The van der Waals surface area contributed by atoms with Crippen LogP contribution in [0.3, 0.4) is 0 Å². The van der Waals surface area contributed by atoms with Crippen LogP contribution in [-0.2, 0) is 7.05 Å². The Bertz CT molecular complexity index is 511. The van der Waals surface area contributed by atoms with Gasteiger partial charge in [0.2, 0.25) is 0 Å². The van der Waals surface area contributed by atoms with Gasteiger partial charge in [-0.2, -0.15) is 0 Å². The first kappa shape index (κ1) is 13.5. The van der Waals surface area contributed by atoms with Gasteiger partial charge in [-0.05, 0) is 41.8 Å². The molecule has 0 aliphatic carbocycles. The number of benzene rings is 1. The van der Waals surface area contributed by atoms with Crippen molar-refractivity contribution >= 4 is 5.69 Å². The van der Waals surface area contributed by atoms with Crippen LogP contribution < -0.4 is 5.32 Å². The molecule has 2 aromatic rings. The van der Waals surface area contributed by atoms with Crippen molar-refractivity contribution in [2.45, 2.75) is 19.3 Å². The summed E-state index contributed by atoms with van der Waals surface area (Å²) in [6.07, 6.45) is 2.96. The molecule has 102 valence electrons. The van der Waals surface area contributed by atoms with Crippen LogP contribution in [0.4, 0.5) is 5.69 Å². The van der Waals surface area contributed by atoms with Crippen molar-refractivity contribution in [3.8, 4) is 11.4 Å². The van der Waals surface area contributed by atoms with Gasteiger partial charge >= 0.3 is 0 Å². The van der Waals surface area contributed by atoms with E-state index >= 15 is 0 Å². The number of hydrogen-bond donors (Lipinski definition) is 2. The van der Waals surface area contributed by atoms with E-state index in [0.29, 0.717) is 0 Å². The number of nitrogens with zero attached hydrogens (tertiary/aromatic N) is 4. The quantitative estimate of drug-likeness (QED) is 0.738. The smallest absolute Gasteiger partial charge is 0.181 e. The minimum Gasteiger partial charge on any atom is -0.396 e. The Balaban J connectivity index is 1.94. The molecule has 0 amide bonds. The lowest BCUT2D eigenvalue weighted by Gasteiger charge is -2.07. The van der Waals surface area contributed by atoms with Crippen LogP contribution in [0.15, 0.2) is 24.3 Å². The van der Waals surface area contributed by atoms with Crippen LogP contribution in [0.2, 0.25) is 0 Å². The molecule has 6 heteroatoms. The predicted molar refractivity (Wildman–Crippen MR) is 73.7 cm³/mol. The molecule has 0 spiro atoms. The first-order valence-electron chi connectivity index (χ1n) is 6.49. The van der Waals surface area contributed by atoms with Crippen molar-refractivity contribution in [3.05, 3.63) is 24.3 Å². The summed E-state index contributed by atoms with van der Waals surface area (Å²) < 4.78 is 1.65. The highest BCUT2D eigenvalue weighted by atomic mass is 16.2. The second-order valence-corrected chi connectivity index (χ2v) is 4.42. The summed E-state index contributed by atoms with van der Waals surface area (Å²) in [7, 11) is 1.82. The van der Waals surface area contributed by atoms with Gasteiger partial charge in [-0.25, -0.2) is 4.68 Å². The van der Waals surface area contributed by atoms with Crippen molar-refractivity contribution < 1.29 is 5.11 Å². The minimum atomic E-state index is 0.272. The van der Waals surface area contributed by atoms with Crippen LogP contribution in [0.1, 0.15) is 19.3 Å². The SMILES string of the molecule is Cn1nnnc1-c1cccc(NCCCCCO)c1. The normalized spacial score (nSPS) is 10.6. The van der Waals surface area contributed by atoms with E-state index in [2.05, 4.69) is 20.8 Å². The molecule has 0 fully saturated rings. The number of nitrogens with one attached hydrogen (secondary N) is 1. The van der Waals surface area contributed by atoms with E-state index in [9.17, 15) is 0 Å². The maximum atomic E-state index is 8.71. The molecule has 0 unspecified atom stereocenters. The summed E-state index contributed by atoms with van der Waals surface area (Å²) in [5.41, 5.74) is 2.05. The van der Waals surface area contributed by atoms with Crippen LogP contribution in [0.25, 0.3) is 11.4 Å². The van der Waals surface area contributed by atoms with Gasteiger partial charge in [0.25, 0.3) is 0 Å². The Morgan fingerprint density at radius 3 is 2.89 bits per heavy atom. The van der Waals surface area contributed by atoms with Crippen LogP contribution in [-0.4, -0.2) is 38.5 Å². The van der Waals surface area contributed by atoms with Crippen LogP contribution in [0, 0.1) is 0 Å². The Morgan fingerprint density at radius 1 is 1.26 bits per heavy atom. The Morgan fingerprint density at radius 2 is 2.16 bits per heavy atom. The molecule has 1 heterocycles. The Labute approximate surface area is 112 Å². The number of unbranched alkanes of at least 4 members (excludes halogenated alkanes) is 2. The molecule has 6 nitrogen and oxygen atoms in total. The molecule has 0 saturated carbocycles. The van der Waals surface area contributed by atoms with E-state index in [0.717, 1.165) is 42.9 Å². The number of aromatic nitrogens is 4. The number of aliphatic hydroxyl groups excluding tert-OH is 1. The monoisotopic (exact) mass is 261 g/mol. The van der Waals surface area contributed by atoms with Gasteiger partial charge in [0.1, 0.15) is 0 Å². The number of aliphatic hydroxyl groups is 1. The molecular weight excluding hydrogens is 242 g/mol. The zero-order valence-corrected chi connectivity index (χ0v) is 11.1. The van der Waals surface area contributed by atoms with E-state index in [-0.39, 0.29) is 6.61 Å². The Hall–Kier alpha value is -1.95. The lowest BCUT2D eigenvalue weighted by Crippen LogP contribution is -2.02. The number of rotatable bonds is 7. The molecule has 19 heavy (non-hydrogen) atoms. The number of tetrazole rings is 1. The van der Waals surface area contributed by atoms with Crippen molar-refractivity contribution in [1.29, 1.82) is 0 Å². The zero-order valence-electron chi connectivity index (χ0n) is 11.1. The maximum Gasteiger partial charge on any atom is 0.181 e. The molecular formula is C13H19N5O. The summed E-state index contributed by atoms with van der Waals surface area (Å²) in [4.78, 5) is 0. The van der Waals surface area contributed by atoms with Crippen LogP contribution >= 0.6 is 0 Å². The average molecular weight is 261 g/mol. The first-order chi connectivity index (χ1) is 9.31. The van der Waals surface area contributed by atoms with E-state index in [1.165, 1.54) is 0 Å². The maximum absolute atomic E-state index is 8.71. The zero-order chi connectivity index (χ0) is 13.5. The van der Waals surface area contributed by atoms with Gasteiger partial charge in [0.05, 0.1) is 0 Å². The molecule has 0 saturated heterocycles. The molecule has 0 radical (unpaired) electrons. The van der Waals surface area contributed by atoms with E-state index < -0.39 is 0 Å². The van der Waals surface area contributed by atoms with Gasteiger partial charge in [-0.15, -0.1) is 5.10 Å². The lowest BCUT2D eigenvalue weighted by molar-refractivity contribution is 0.283. The van der Waals surface area contributed by atoms with Gasteiger partial charge in [0, 0.05) is 31.5 Å². The lowest BCUT2D eigenvalue weighted by atomic mass is 10.2. The Kier molecular flexibility index (Phi) is 4.85. The topological polar surface area (TPSA) is 75.9 Å². The van der Waals surface area contributed by atoms with Gasteiger partial charge in [-0.3, -0.25) is 0 Å². The summed E-state index contributed by atoms with van der Waals surface area (Å²) in [6, 6.07) is 8.04. The molecule has 0 aliphatic rings. The van der Waals surface area contributed by atoms with E-state index in [1.54, 1.807) is 4.68 Å². The van der Waals surface area contributed by atoms with Crippen molar-refractivity contribution in [2.24, 2.45) is 7.05 Å². The van der Waals surface area contributed by atoms with Crippen molar-refractivity contribution in [1.82, 2.24) is 20.2 Å². The molecule has 2 N–H and O–H groups in total. The standard InChI is InChI=1S/C13H19N5O/c1-18-13(15-16-17-18)11-6-5-7-12(10-11)14-8-3-2-4-9-19/h5-7,10,14,19H,2-4,8-9H2,1H3. The first-order valence-corrected chi connectivity index (χ1v) is 6.49. The van der Waals surface area contributed by atoms with E-state index in [4.69, 9.17) is 5.11 Å². The number of anilines is 1. The summed E-state index contributed by atoms with van der Waals surface area (Å²) in [5.74, 6) is 0.754. The van der Waals surface area contributed by atoms with Gasteiger partial charge < -0.3 is 10.4 Å². The highest BCUT2D eigenvalue weighted by Gasteiger charge is 2.05. The van der Waals surface area contributed by atoms with Crippen molar-refractivity contribution in [3.63, 3.8) is 0 Å². The highest BCUT2D eigenvalue weighted by Crippen LogP contribution is 2.19. The fourth-order valence-electron chi connectivity index (χ4n) is 1.89.